The van der Waals surface area contributed by atoms with Crippen molar-refractivity contribution in [1.29, 1.82) is 0 Å². The molecular weight excluding hydrogens is 210 g/mol. The van der Waals surface area contributed by atoms with Crippen LogP contribution in [0.3, 0.4) is 0 Å². The molecule has 0 spiro atoms. The molecule has 54 valence electrons. The van der Waals surface area contributed by atoms with E-state index in [9.17, 15) is 0 Å². The Labute approximate surface area is 93.4 Å². The molecule has 2 radical (unpaired) electrons. The molecule has 8 heteroatoms. The molecule has 0 N–H and O–H groups in total. The molecule has 0 aliphatic carbocycles. The Morgan fingerprint density at radius 2 is 0.700 bits per heavy atom. The molecule has 0 unspecified atom stereocenters. The van der Waals surface area contributed by atoms with Crippen LogP contribution < -0.4 is 20.4 Å². The van der Waals surface area contributed by atoms with Crippen molar-refractivity contribution in [3.63, 3.8) is 0 Å². The zero-order chi connectivity index (χ0) is 7.15. The van der Waals surface area contributed by atoms with E-state index in [0.717, 1.165) is 0 Å². The minimum absolute atomic E-state index is 0. The second kappa shape index (κ2) is 16.1. The van der Waals surface area contributed by atoms with Crippen molar-refractivity contribution in [2.75, 3.05) is 0 Å². The van der Waals surface area contributed by atoms with E-state index >= 15 is 0 Å². The second-order valence-corrected chi connectivity index (χ2v) is 0.500. The van der Waals surface area contributed by atoms with E-state index in [-0.39, 0.29) is 51.7 Å². The molecule has 0 fully saturated rings. The summed E-state index contributed by atoms with van der Waals surface area (Å²) in [5.41, 5.74) is 0. The summed E-state index contributed by atoms with van der Waals surface area (Å²) in [5, 5.41) is 33.3. The fourth-order valence-electron chi connectivity index (χ4n) is 0. The summed E-state index contributed by atoms with van der Waals surface area (Å²) in [6.45, 7) is 0. The zero-order valence-electron chi connectivity index (χ0n) is 4.60. The molecule has 0 aliphatic rings. The minimum atomic E-state index is -2.33. The first kappa shape index (κ1) is 22.4. The predicted octanol–water partition coefficient (Wildman–Crippen LogP) is -4.90. The van der Waals surface area contributed by atoms with Gasteiger partial charge in [-0.25, -0.2) is 0 Å². The number of rotatable bonds is 0. The first-order valence-electron chi connectivity index (χ1n) is 1.22. The molecule has 0 amide bonds. The van der Waals surface area contributed by atoms with Gasteiger partial charge in [0.15, 0.2) is 0 Å². The van der Waals surface area contributed by atoms with Crippen molar-refractivity contribution in [3.8, 4) is 0 Å². The Bertz CT molecular complexity index is 71.7. The normalized spacial score (nSPS) is 4.80. The van der Waals surface area contributed by atoms with Crippen LogP contribution in [0.1, 0.15) is 0 Å². The number of carbonyl (C=O) groups excluding carboxylic acids is 2. The average molecular weight is 210 g/mol. The fraction of sp³-hybridized carbons (Fsp3) is 0. The topological polar surface area (TPSA) is 126 Å². The first-order chi connectivity index (χ1) is 3.46. The summed E-state index contributed by atoms with van der Waals surface area (Å²) >= 11 is 0. The Hall–Kier alpha value is 0.280. The van der Waals surface area contributed by atoms with E-state index in [2.05, 4.69) is 0 Å². The van der Waals surface area contributed by atoms with Gasteiger partial charge in [-0.2, -0.15) is 0 Å². The van der Waals surface area contributed by atoms with Crippen LogP contribution in [0.25, 0.3) is 0 Å². The van der Waals surface area contributed by atoms with Crippen LogP contribution in [0.4, 0.5) is 9.59 Å². The van der Waals surface area contributed by atoms with Crippen molar-refractivity contribution in [1.82, 2.24) is 0 Å². The molecular formula is C2O6Sc2-4. The maximum atomic E-state index is 8.33. The SMILES string of the molecule is O=C([O-])[O-].O=C([O-])[O-].[Sc].[Sc]. The first-order valence-corrected chi connectivity index (χ1v) is 1.22. The third kappa shape index (κ3) is 5590. The van der Waals surface area contributed by atoms with E-state index in [4.69, 9.17) is 30.0 Å². The number of carbonyl (C=O) groups is 2. The van der Waals surface area contributed by atoms with Gasteiger partial charge in [0.1, 0.15) is 0 Å². The molecule has 0 heterocycles. The summed E-state index contributed by atoms with van der Waals surface area (Å²) in [7, 11) is 0. The van der Waals surface area contributed by atoms with Gasteiger partial charge in [0.2, 0.25) is 0 Å². The Kier molecular flexibility index (Phi) is 36.2. The largest absolute Gasteiger partial charge is 0.652 e. The van der Waals surface area contributed by atoms with Crippen LogP contribution in [-0.2, 0) is 51.7 Å². The fourth-order valence-corrected chi connectivity index (χ4v) is 0. The molecule has 0 aromatic carbocycles. The van der Waals surface area contributed by atoms with Crippen LogP contribution in [-0.4, -0.2) is 12.3 Å². The van der Waals surface area contributed by atoms with Crippen LogP contribution in [0.2, 0.25) is 0 Å². The van der Waals surface area contributed by atoms with Crippen molar-refractivity contribution >= 4 is 12.3 Å². The summed E-state index contributed by atoms with van der Waals surface area (Å²) in [5.74, 6) is 0. The number of hydrogen-bond donors (Lipinski definition) is 0. The molecule has 0 rings (SSSR count). The van der Waals surface area contributed by atoms with Gasteiger partial charge in [-0.3, -0.25) is 0 Å². The Morgan fingerprint density at radius 1 is 0.700 bits per heavy atom. The molecule has 0 aliphatic heterocycles. The standard InChI is InChI=1S/2CH2O3.2Sc/c2*2-1(3)4;;/h2*(H2,2,3,4);;/p-4. The van der Waals surface area contributed by atoms with Crippen LogP contribution in [0.15, 0.2) is 0 Å². The van der Waals surface area contributed by atoms with Crippen molar-refractivity contribution in [2.24, 2.45) is 0 Å². The third-order valence-electron chi connectivity index (χ3n) is 0. The van der Waals surface area contributed by atoms with Gasteiger partial charge in [0.25, 0.3) is 0 Å². The van der Waals surface area contributed by atoms with Gasteiger partial charge in [0.05, 0.1) is 0 Å². The number of hydrogen-bond acceptors (Lipinski definition) is 6. The summed E-state index contributed by atoms with van der Waals surface area (Å²) < 4.78 is 0. The van der Waals surface area contributed by atoms with E-state index in [1.807, 2.05) is 0 Å². The van der Waals surface area contributed by atoms with E-state index in [0.29, 0.717) is 0 Å². The zero-order valence-corrected chi connectivity index (χ0v) is 8.21. The van der Waals surface area contributed by atoms with Gasteiger partial charge in [0, 0.05) is 51.7 Å². The third-order valence-corrected chi connectivity index (χ3v) is 0. The van der Waals surface area contributed by atoms with Gasteiger partial charge in [-0.15, -0.1) is 0 Å². The van der Waals surface area contributed by atoms with Crippen LogP contribution >= 0.6 is 0 Å². The average Bonchev–Trinajstić information content (AvgIpc) is 1.25. The van der Waals surface area contributed by atoms with Crippen molar-refractivity contribution < 1.29 is 81.7 Å². The van der Waals surface area contributed by atoms with Gasteiger partial charge < -0.3 is 30.0 Å². The molecule has 10 heavy (non-hydrogen) atoms. The van der Waals surface area contributed by atoms with E-state index in [1.165, 1.54) is 0 Å². The maximum absolute atomic E-state index is 8.33. The van der Waals surface area contributed by atoms with E-state index in [1.54, 1.807) is 0 Å². The molecule has 0 atom stereocenters. The molecule has 0 aromatic rings. The van der Waals surface area contributed by atoms with E-state index < -0.39 is 12.3 Å². The van der Waals surface area contributed by atoms with Gasteiger partial charge >= 0.3 is 0 Å². The Morgan fingerprint density at radius 3 is 0.700 bits per heavy atom. The molecule has 0 aromatic heterocycles. The second-order valence-electron chi connectivity index (χ2n) is 0.500. The van der Waals surface area contributed by atoms with Gasteiger partial charge in [-0.1, -0.05) is 0 Å². The quantitative estimate of drug-likeness (QED) is 0.394. The molecule has 0 saturated carbocycles. The maximum Gasteiger partial charge on any atom is 0 e. The van der Waals surface area contributed by atoms with Crippen molar-refractivity contribution in [3.05, 3.63) is 0 Å². The predicted molar refractivity (Wildman–Crippen MR) is 10.8 cm³/mol. The Balaban J connectivity index is -0.0000000300. The summed E-state index contributed by atoms with van der Waals surface area (Å²) in [4.78, 5) is 16.7. The van der Waals surface area contributed by atoms with Gasteiger partial charge in [-0.05, 0) is 12.3 Å². The monoisotopic (exact) mass is 210 g/mol. The smallest absolute Gasteiger partial charge is 0 e. The van der Waals surface area contributed by atoms with Crippen LogP contribution in [0, 0.1) is 0 Å². The number of carboxylic acid groups (broad SMARTS) is 4. The minimum Gasteiger partial charge on any atom is -0.652 e. The van der Waals surface area contributed by atoms with Crippen LogP contribution in [0.5, 0.6) is 0 Å². The van der Waals surface area contributed by atoms with Crippen molar-refractivity contribution in [2.45, 2.75) is 0 Å². The molecule has 6 nitrogen and oxygen atoms in total. The summed E-state index contributed by atoms with van der Waals surface area (Å²) in [6.07, 6.45) is -4.67. The molecule has 0 bridgehead atoms. The molecule has 0 saturated heterocycles. The summed E-state index contributed by atoms with van der Waals surface area (Å²) in [6, 6.07) is 0.